The molecular formula is C15H14FN5O2S. The lowest BCUT2D eigenvalue weighted by molar-refractivity contribution is -0.115. The van der Waals surface area contributed by atoms with Gasteiger partial charge in [0, 0.05) is 5.69 Å². The smallest absolute Gasteiger partial charge is 0.237 e. The topological polar surface area (TPSA) is 85.8 Å². The molecule has 24 heavy (non-hydrogen) atoms. The van der Waals surface area contributed by atoms with Gasteiger partial charge in [-0.05, 0) is 47.7 Å². The summed E-state index contributed by atoms with van der Waals surface area (Å²) in [4.78, 5) is 12.2. The van der Waals surface area contributed by atoms with Gasteiger partial charge >= 0.3 is 0 Å². The van der Waals surface area contributed by atoms with Crippen molar-refractivity contribution in [2.75, 3.05) is 5.32 Å². The summed E-state index contributed by atoms with van der Waals surface area (Å²) in [5, 5.41) is 14.1. The van der Waals surface area contributed by atoms with Crippen molar-refractivity contribution in [3.05, 3.63) is 54.2 Å². The first-order valence-electron chi connectivity index (χ1n) is 7.13. The van der Waals surface area contributed by atoms with Crippen LogP contribution >= 0.6 is 11.8 Å². The molecule has 1 unspecified atom stereocenters. The molecule has 0 bridgehead atoms. The lowest BCUT2D eigenvalue weighted by atomic mass is 10.3. The van der Waals surface area contributed by atoms with Gasteiger partial charge in [0.05, 0.1) is 11.5 Å². The molecule has 1 aromatic carbocycles. The van der Waals surface area contributed by atoms with Crippen LogP contribution in [0, 0.1) is 5.82 Å². The second-order valence-electron chi connectivity index (χ2n) is 4.96. The van der Waals surface area contributed by atoms with Crippen LogP contribution in [-0.4, -0.2) is 31.4 Å². The van der Waals surface area contributed by atoms with Crippen LogP contribution in [0.5, 0.6) is 0 Å². The highest BCUT2D eigenvalue weighted by Gasteiger charge is 2.19. The molecule has 3 aromatic rings. The number of benzene rings is 1. The fraction of sp³-hybridized carbons (Fsp3) is 0.200. The predicted octanol–water partition coefficient (Wildman–Crippen LogP) is 2.57. The van der Waals surface area contributed by atoms with Crippen molar-refractivity contribution < 1.29 is 13.6 Å². The molecule has 2 heterocycles. The molecule has 1 amide bonds. The van der Waals surface area contributed by atoms with Crippen molar-refractivity contribution in [2.24, 2.45) is 0 Å². The first-order chi connectivity index (χ1) is 11.6. The zero-order valence-electron chi connectivity index (χ0n) is 12.7. The summed E-state index contributed by atoms with van der Waals surface area (Å²) < 4.78 is 20.0. The molecule has 0 aliphatic rings. The third-order valence-corrected chi connectivity index (χ3v) is 4.20. The maximum Gasteiger partial charge on any atom is 0.237 e. The Bertz CT molecular complexity index is 821. The second-order valence-corrected chi connectivity index (χ2v) is 6.27. The normalized spacial score (nSPS) is 12.1. The van der Waals surface area contributed by atoms with Gasteiger partial charge < -0.3 is 9.73 Å². The zero-order chi connectivity index (χ0) is 16.9. The van der Waals surface area contributed by atoms with E-state index in [0.717, 1.165) is 0 Å². The van der Waals surface area contributed by atoms with Crippen LogP contribution in [0.1, 0.15) is 12.7 Å². The van der Waals surface area contributed by atoms with Crippen LogP contribution in [0.2, 0.25) is 0 Å². The van der Waals surface area contributed by atoms with Gasteiger partial charge in [-0.2, -0.15) is 0 Å². The minimum atomic E-state index is -0.463. The lowest BCUT2D eigenvalue weighted by Crippen LogP contribution is -2.23. The number of anilines is 1. The van der Waals surface area contributed by atoms with Crippen LogP contribution in [-0.2, 0) is 11.3 Å². The zero-order valence-corrected chi connectivity index (χ0v) is 13.5. The van der Waals surface area contributed by atoms with E-state index in [0.29, 0.717) is 23.1 Å². The Hall–Kier alpha value is -2.68. The van der Waals surface area contributed by atoms with E-state index in [4.69, 9.17) is 4.42 Å². The summed E-state index contributed by atoms with van der Waals surface area (Å²) in [7, 11) is 0. The van der Waals surface area contributed by atoms with Gasteiger partial charge in [0.1, 0.15) is 18.1 Å². The standard InChI is InChI=1S/C15H14FN5O2S/c1-10(14(22)17-12-5-2-4-11(16)8-12)24-15-18-19-20-21(15)9-13-6-3-7-23-13/h2-8,10H,9H2,1H3,(H,17,22). The average Bonchev–Trinajstić information content (AvgIpc) is 3.20. The van der Waals surface area contributed by atoms with E-state index >= 15 is 0 Å². The number of aromatic nitrogens is 4. The van der Waals surface area contributed by atoms with E-state index in [1.807, 2.05) is 6.07 Å². The highest BCUT2D eigenvalue weighted by atomic mass is 32.2. The Morgan fingerprint density at radius 2 is 2.29 bits per heavy atom. The van der Waals surface area contributed by atoms with E-state index in [9.17, 15) is 9.18 Å². The predicted molar refractivity (Wildman–Crippen MR) is 86.0 cm³/mol. The van der Waals surface area contributed by atoms with Gasteiger partial charge in [-0.3, -0.25) is 4.79 Å². The number of carbonyl (C=O) groups excluding carboxylic acids is 1. The van der Waals surface area contributed by atoms with Crippen molar-refractivity contribution in [1.29, 1.82) is 0 Å². The van der Waals surface area contributed by atoms with Crippen molar-refractivity contribution >= 4 is 23.4 Å². The van der Waals surface area contributed by atoms with Crippen molar-refractivity contribution in [1.82, 2.24) is 20.2 Å². The number of hydrogen-bond acceptors (Lipinski definition) is 6. The van der Waals surface area contributed by atoms with Crippen molar-refractivity contribution in [2.45, 2.75) is 23.9 Å². The molecule has 9 heteroatoms. The molecule has 2 aromatic heterocycles. The van der Waals surface area contributed by atoms with Gasteiger partial charge in [-0.15, -0.1) is 5.10 Å². The van der Waals surface area contributed by atoms with Crippen LogP contribution in [0.4, 0.5) is 10.1 Å². The van der Waals surface area contributed by atoms with Crippen molar-refractivity contribution in [3.8, 4) is 0 Å². The quantitative estimate of drug-likeness (QED) is 0.690. The minimum Gasteiger partial charge on any atom is -0.467 e. The minimum absolute atomic E-state index is 0.266. The number of amides is 1. The fourth-order valence-corrected chi connectivity index (χ4v) is 2.74. The molecule has 124 valence electrons. The highest BCUT2D eigenvalue weighted by Crippen LogP contribution is 2.22. The number of carbonyl (C=O) groups is 1. The Kier molecular flexibility index (Phi) is 4.90. The van der Waals surface area contributed by atoms with Gasteiger partial charge in [-0.1, -0.05) is 17.8 Å². The van der Waals surface area contributed by atoms with Crippen LogP contribution < -0.4 is 5.32 Å². The third kappa shape index (κ3) is 3.99. The molecule has 1 N–H and O–H groups in total. The highest BCUT2D eigenvalue weighted by molar-refractivity contribution is 8.00. The fourth-order valence-electron chi connectivity index (χ4n) is 1.95. The summed E-state index contributed by atoms with van der Waals surface area (Å²) in [6.07, 6.45) is 1.57. The number of tetrazole rings is 1. The molecule has 0 aliphatic carbocycles. The van der Waals surface area contributed by atoms with Gasteiger partial charge in [-0.25, -0.2) is 9.07 Å². The maximum absolute atomic E-state index is 13.2. The molecule has 0 fully saturated rings. The summed E-state index contributed by atoms with van der Waals surface area (Å²) in [5.41, 5.74) is 0.405. The van der Waals surface area contributed by atoms with Crippen LogP contribution in [0.3, 0.4) is 0 Å². The number of rotatable bonds is 6. The first-order valence-corrected chi connectivity index (χ1v) is 8.01. The Morgan fingerprint density at radius 3 is 3.04 bits per heavy atom. The number of nitrogens with zero attached hydrogens (tertiary/aromatic N) is 4. The maximum atomic E-state index is 13.2. The molecule has 0 saturated carbocycles. The number of nitrogens with one attached hydrogen (secondary N) is 1. The molecule has 3 rings (SSSR count). The number of furan rings is 1. The summed E-state index contributed by atoms with van der Waals surface area (Å²) >= 11 is 1.21. The Labute approximate surface area is 141 Å². The van der Waals surface area contributed by atoms with Gasteiger partial charge in [0.2, 0.25) is 11.1 Å². The lowest BCUT2D eigenvalue weighted by Gasteiger charge is -2.11. The number of halogens is 1. The van der Waals surface area contributed by atoms with E-state index in [2.05, 4.69) is 20.8 Å². The first kappa shape index (κ1) is 16.2. The molecule has 0 radical (unpaired) electrons. The summed E-state index contributed by atoms with van der Waals surface area (Å²) in [5.74, 6) is 0.0367. The van der Waals surface area contributed by atoms with E-state index in [-0.39, 0.29) is 5.91 Å². The van der Waals surface area contributed by atoms with Crippen LogP contribution in [0.25, 0.3) is 0 Å². The Balaban J connectivity index is 1.63. The van der Waals surface area contributed by atoms with Gasteiger partial charge in [0.15, 0.2) is 0 Å². The van der Waals surface area contributed by atoms with Crippen LogP contribution in [0.15, 0.2) is 52.2 Å². The number of hydrogen-bond donors (Lipinski definition) is 1. The molecule has 0 saturated heterocycles. The molecule has 0 spiro atoms. The molecular weight excluding hydrogens is 333 g/mol. The van der Waals surface area contributed by atoms with E-state index in [1.54, 1.807) is 30.0 Å². The molecule has 0 aliphatic heterocycles. The van der Waals surface area contributed by atoms with Gasteiger partial charge in [0.25, 0.3) is 0 Å². The third-order valence-electron chi connectivity index (χ3n) is 3.13. The summed E-state index contributed by atoms with van der Waals surface area (Å²) in [6, 6.07) is 9.33. The van der Waals surface area contributed by atoms with E-state index in [1.165, 1.54) is 30.0 Å². The Morgan fingerprint density at radius 1 is 1.42 bits per heavy atom. The average molecular weight is 347 g/mol. The van der Waals surface area contributed by atoms with E-state index < -0.39 is 11.1 Å². The second kappa shape index (κ2) is 7.26. The SMILES string of the molecule is CC(Sc1nnnn1Cc1ccco1)C(=O)Nc1cccc(F)c1. The largest absolute Gasteiger partial charge is 0.467 e. The summed E-state index contributed by atoms with van der Waals surface area (Å²) in [6.45, 7) is 2.10. The van der Waals surface area contributed by atoms with Crippen molar-refractivity contribution in [3.63, 3.8) is 0 Å². The number of thioether (sulfide) groups is 1. The molecule has 7 nitrogen and oxygen atoms in total. The molecule has 1 atom stereocenters. The monoisotopic (exact) mass is 347 g/mol.